The van der Waals surface area contributed by atoms with Gasteiger partial charge in [-0.3, -0.25) is 9.59 Å². The Hall–Kier alpha value is -1.85. The molecule has 5 nitrogen and oxygen atoms in total. The highest BCUT2D eigenvalue weighted by Crippen LogP contribution is 2.29. The number of hydrogen-bond donors (Lipinski definition) is 0. The van der Waals surface area contributed by atoms with Crippen molar-refractivity contribution >= 4 is 29.0 Å². The first kappa shape index (κ1) is 17.0. The zero-order valence-electron chi connectivity index (χ0n) is 13.8. The van der Waals surface area contributed by atoms with Gasteiger partial charge in [-0.25, -0.2) is 0 Å². The van der Waals surface area contributed by atoms with Crippen LogP contribution in [0.25, 0.3) is 5.70 Å². The van der Waals surface area contributed by atoms with E-state index in [1.54, 1.807) is 11.8 Å². The zero-order chi connectivity index (χ0) is 17.1. The summed E-state index contributed by atoms with van der Waals surface area (Å²) in [6.45, 7) is 5.13. The summed E-state index contributed by atoms with van der Waals surface area (Å²) in [5, 5.41) is 0.658. The summed E-state index contributed by atoms with van der Waals surface area (Å²) < 4.78 is 5.44. The Morgan fingerprint density at radius 1 is 1.08 bits per heavy atom. The van der Waals surface area contributed by atoms with Gasteiger partial charge >= 0.3 is 0 Å². The SMILES string of the molecule is CC(=O)N1CCC(=O)/C(=C(/c2ccc(Cl)cc2)N2CCOCC2)C1. The van der Waals surface area contributed by atoms with Crippen LogP contribution in [-0.4, -0.2) is 60.9 Å². The molecule has 2 aliphatic heterocycles. The van der Waals surface area contributed by atoms with Crippen molar-refractivity contribution in [3.63, 3.8) is 0 Å². The van der Waals surface area contributed by atoms with Gasteiger partial charge in [0.2, 0.25) is 5.91 Å². The molecule has 0 radical (unpaired) electrons. The summed E-state index contributed by atoms with van der Waals surface area (Å²) in [7, 11) is 0. The lowest BCUT2D eigenvalue weighted by Crippen LogP contribution is -2.42. The normalized spacial score (nSPS) is 21.0. The van der Waals surface area contributed by atoms with Crippen LogP contribution in [0.15, 0.2) is 29.8 Å². The quantitative estimate of drug-likeness (QED) is 0.769. The smallest absolute Gasteiger partial charge is 0.219 e. The van der Waals surface area contributed by atoms with Gasteiger partial charge in [-0.2, -0.15) is 0 Å². The number of morpholine rings is 1. The molecular weight excluding hydrogens is 328 g/mol. The Morgan fingerprint density at radius 2 is 1.75 bits per heavy atom. The van der Waals surface area contributed by atoms with E-state index < -0.39 is 0 Å². The molecule has 0 aliphatic carbocycles. The number of benzene rings is 1. The van der Waals surface area contributed by atoms with Crippen molar-refractivity contribution in [3.05, 3.63) is 40.4 Å². The Bertz CT molecular complexity index is 663. The molecule has 0 N–H and O–H groups in total. The molecule has 0 saturated carbocycles. The van der Waals surface area contributed by atoms with Crippen molar-refractivity contribution in [2.24, 2.45) is 0 Å². The van der Waals surface area contributed by atoms with Crippen LogP contribution in [0, 0.1) is 0 Å². The van der Waals surface area contributed by atoms with E-state index in [4.69, 9.17) is 16.3 Å². The number of hydrogen-bond acceptors (Lipinski definition) is 4. The van der Waals surface area contributed by atoms with Gasteiger partial charge in [0.05, 0.1) is 25.5 Å². The van der Waals surface area contributed by atoms with E-state index in [1.165, 1.54) is 0 Å². The topological polar surface area (TPSA) is 49.9 Å². The molecule has 0 aromatic heterocycles. The van der Waals surface area contributed by atoms with Gasteiger partial charge in [0, 0.05) is 43.6 Å². The number of ketones is 1. The molecule has 2 aliphatic rings. The highest BCUT2D eigenvalue weighted by molar-refractivity contribution is 6.30. The van der Waals surface area contributed by atoms with Gasteiger partial charge in [-0.05, 0) is 17.7 Å². The second-order valence-corrected chi connectivity index (χ2v) is 6.48. The number of amides is 1. The monoisotopic (exact) mass is 348 g/mol. The lowest BCUT2D eigenvalue weighted by Gasteiger charge is -2.36. The lowest BCUT2D eigenvalue weighted by molar-refractivity contribution is -0.130. The van der Waals surface area contributed by atoms with Crippen LogP contribution in [0.2, 0.25) is 5.02 Å². The van der Waals surface area contributed by atoms with Crippen molar-refractivity contribution in [2.45, 2.75) is 13.3 Å². The first-order valence-electron chi connectivity index (χ1n) is 8.17. The highest BCUT2D eigenvalue weighted by atomic mass is 35.5. The molecule has 128 valence electrons. The first-order valence-corrected chi connectivity index (χ1v) is 8.54. The van der Waals surface area contributed by atoms with Crippen molar-refractivity contribution in [1.29, 1.82) is 0 Å². The summed E-state index contributed by atoms with van der Waals surface area (Å²) in [4.78, 5) is 28.3. The summed E-state index contributed by atoms with van der Waals surface area (Å²) >= 11 is 6.01. The summed E-state index contributed by atoms with van der Waals surface area (Å²) in [5.41, 5.74) is 2.57. The Balaban J connectivity index is 2.05. The maximum Gasteiger partial charge on any atom is 0.219 e. The van der Waals surface area contributed by atoms with E-state index in [-0.39, 0.29) is 11.7 Å². The maximum absolute atomic E-state index is 12.6. The molecular formula is C18H21ClN2O3. The number of rotatable bonds is 2. The second-order valence-electron chi connectivity index (χ2n) is 6.05. The molecule has 0 unspecified atom stereocenters. The minimum absolute atomic E-state index is 0.00238. The Kier molecular flexibility index (Phi) is 5.21. The van der Waals surface area contributed by atoms with Crippen LogP contribution in [0.5, 0.6) is 0 Å². The standard InChI is InChI=1S/C18H21ClN2O3/c1-13(22)21-7-6-17(23)16(12-21)18(20-8-10-24-11-9-20)14-2-4-15(19)5-3-14/h2-5H,6-12H2,1H3/b18-16-. The maximum atomic E-state index is 12.6. The number of ether oxygens (including phenoxy) is 1. The van der Waals surface area contributed by atoms with E-state index in [0.29, 0.717) is 43.3 Å². The molecule has 24 heavy (non-hydrogen) atoms. The van der Waals surface area contributed by atoms with Crippen LogP contribution in [-0.2, 0) is 14.3 Å². The number of piperidine rings is 1. The van der Waals surface area contributed by atoms with Crippen LogP contribution < -0.4 is 0 Å². The molecule has 0 atom stereocenters. The fraction of sp³-hybridized carbons (Fsp3) is 0.444. The number of halogens is 1. The molecule has 2 fully saturated rings. The van der Waals surface area contributed by atoms with Crippen molar-refractivity contribution in [3.8, 4) is 0 Å². The summed E-state index contributed by atoms with van der Waals surface area (Å²) in [5.74, 6) is 0.112. The molecule has 1 amide bonds. The lowest BCUT2D eigenvalue weighted by atomic mass is 9.96. The Labute approximate surface area is 146 Å². The predicted molar refractivity (Wildman–Crippen MR) is 92.6 cm³/mol. The first-order chi connectivity index (χ1) is 11.6. The molecule has 1 aromatic carbocycles. The molecule has 3 rings (SSSR count). The third-order valence-corrected chi connectivity index (χ3v) is 4.72. The van der Waals surface area contributed by atoms with E-state index in [0.717, 1.165) is 24.4 Å². The van der Waals surface area contributed by atoms with Crippen LogP contribution >= 0.6 is 11.6 Å². The minimum atomic E-state index is -0.00238. The highest BCUT2D eigenvalue weighted by Gasteiger charge is 2.29. The third kappa shape index (κ3) is 3.62. The Morgan fingerprint density at radius 3 is 2.38 bits per heavy atom. The van der Waals surface area contributed by atoms with E-state index >= 15 is 0 Å². The van der Waals surface area contributed by atoms with E-state index in [1.807, 2.05) is 24.3 Å². The minimum Gasteiger partial charge on any atom is -0.378 e. The van der Waals surface area contributed by atoms with E-state index in [9.17, 15) is 9.59 Å². The third-order valence-electron chi connectivity index (χ3n) is 4.47. The number of Topliss-reactive ketones (excluding diaryl/α,β-unsaturated/α-hetero) is 1. The molecule has 2 heterocycles. The van der Waals surface area contributed by atoms with Gasteiger partial charge < -0.3 is 14.5 Å². The largest absolute Gasteiger partial charge is 0.378 e. The zero-order valence-corrected chi connectivity index (χ0v) is 14.5. The van der Waals surface area contributed by atoms with E-state index in [2.05, 4.69) is 4.90 Å². The summed E-state index contributed by atoms with van der Waals surface area (Å²) in [6, 6.07) is 7.52. The number of carbonyl (C=O) groups excluding carboxylic acids is 2. The van der Waals surface area contributed by atoms with Crippen LogP contribution in [0.1, 0.15) is 18.9 Å². The molecule has 0 spiro atoms. The molecule has 0 bridgehead atoms. The number of likely N-dealkylation sites (tertiary alicyclic amines) is 1. The van der Waals surface area contributed by atoms with Crippen molar-refractivity contribution in [2.75, 3.05) is 39.4 Å². The van der Waals surface area contributed by atoms with Crippen LogP contribution in [0.3, 0.4) is 0 Å². The second kappa shape index (κ2) is 7.36. The van der Waals surface area contributed by atoms with Crippen molar-refractivity contribution < 1.29 is 14.3 Å². The average molecular weight is 349 g/mol. The fourth-order valence-electron chi connectivity index (χ4n) is 3.16. The summed E-state index contributed by atoms with van der Waals surface area (Å²) in [6.07, 6.45) is 0.371. The van der Waals surface area contributed by atoms with Gasteiger partial charge in [0.1, 0.15) is 0 Å². The number of nitrogens with zero attached hydrogens (tertiary/aromatic N) is 2. The molecule has 2 saturated heterocycles. The van der Waals surface area contributed by atoms with Gasteiger partial charge in [0.15, 0.2) is 5.78 Å². The van der Waals surface area contributed by atoms with Gasteiger partial charge in [0.25, 0.3) is 0 Å². The molecule has 1 aromatic rings. The average Bonchev–Trinajstić information content (AvgIpc) is 2.59. The van der Waals surface area contributed by atoms with Crippen LogP contribution in [0.4, 0.5) is 0 Å². The van der Waals surface area contributed by atoms with Crippen molar-refractivity contribution in [1.82, 2.24) is 9.80 Å². The van der Waals surface area contributed by atoms with Gasteiger partial charge in [-0.15, -0.1) is 0 Å². The van der Waals surface area contributed by atoms with Gasteiger partial charge in [-0.1, -0.05) is 23.7 Å². The fourth-order valence-corrected chi connectivity index (χ4v) is 3.29. The molecule has 6 heteroatoms. The number of carbonyl (C=O) groups is 2. The predicted octanol–water partition coefficient (Wildman–Crippen LogP) is 2.20.